The quantitative estimate of drug-likeness (QED) is 0.366. The topological polar surface area (TPSA) is 73.3 Å². The maximum absolute atomic E-state index is 13.0. The first-order valence-electron chi connectivity index (χ1n) is 10.4. The molecule has 1 aromatic heterocycles. The molecular formula is C24H31N3O2S2Si. The van der Waals surface area contributed by atoms with Crippen LogP contribution in [0.1, 0.15) is 30.4 Å². The molecule has 0 saturated heterocycles. The summed E-state index contributed by atoms with van der Waals surface area (Å²) in [6.07, 6.45) is 1.47. The first-order valence-corrected chi connectivity index (χ1v) is 16.2. The first-order chi connectivity index (χ1) is 14.8. The maximum atomic E-state index is 13.0. The van der Waals surface area contributed by atoms with Gasteiger partial charge >= 0.3 is 0 Å². The number of nitrogens with zero attached hydrogens (tertiary/aromatic N) is 1. The molecule has 8 heteroatoms. The lowest BCUT2D eigenvalue weighted by molar-refractivity contribution is 0.103. The highest BCUT2D eigenvalue weighted by Crippen LogP contribution is 2.42. The molecule has 0 aliphatic carbocycles. The molecule has 5 nitrogen and oxygen atoms in total. The Morgan fingerprint density at radius 3 is 2.28 bits per heavy atom. The molecule has 3 rings (SSSR count). The van der Waals surface area contributed by atoms with Crippen molar-refractivity contribution in [2.45, 2.75) is 38.9 Å². The van der Waals surface area contributed by atoms with Crippen LogP contribution < -0.4 is 9.29 Å². The minimum atomic E-state index is -3.00. The van der Waals surface area contributed by atoms with Crippen LogP contribution in [0.15, 0.2) is 66.0 Å². The summed E-state index contributed by atoms with van der Waals surface area (Å²) in [6.45, 7) is 10.7. The highest BCUT2D eigenvalue weighted by atomic mass is 32.2. The monoisotopic (exact) mass is 485 g/mol. The van der Waals surface area contributed by atoms with Crippen molar-refractivity contribution in [3.63, 3.8) is 0 Å². The number of carbonyl (C=O) groups is 1. The number of thiophene rings is 1. The zero-order valence-corrected chi connectivity index (χ0v) is 22.1. The standard InChI is InChI=1S/C24H31N3O2S2Si/c1-24(2,3)32(5,6)27(31(4,25)29)21-14-10-13-20(16-21)26-23(28)22-15-19(17-30-22)18-11-8-7-9-12-18/h7-17,25H,1-6H3,(H,26,28). The normalized spacial score (nSPS) is 13.9. The van der Waals surface area contributed by atoms with Crippen molar-refractivity contribution in [1.82, 2.24) is 0 Å². The van der Waals surface area contributed by atoms with Gasteiger partial charge in [0, 0.05) is 17.6 Å². The van der Waals surface area contributed by atoms with Crippen LogP contribution in [0.4, 0.5) is 11.4 Å². The number of benzene rings is 2. The van der Waals surface area contributed by atoms with Gasteiger partial charge in [-0.2, -0.15) is 0 Å². The Labute approximate surface area is 196 Å². The largest absolute Gasteiger partial charge is 0.321 e. The average Bonchev–Trinajstić information content (AvgIpc) is 3.17. The number of nitrogens with one attached hydrogen (secondary N) is 2. The Bertz CT molecular complexity index is 1210. The van der Waals surface area contributed by atoms with Gasteiger partial charge < -0.3 is 9.29 Å². The Morgan fingerprint density at radius 1 is 1.03 bits per heavy atom. The number of amides is 1. The third-order valence-electron chi connectivity index (χ3n) is 5.96. The second kappa shape index (κ2) is 8.84. The van der Waals surface area contributed by atoms with E-state index in [0.717, 1.165) is 11.1 Å². The number of hydrogen-bond acceptors (Lipinski definition) is 4. The Morgan fingerprint density at radius 2 is 1.69 bits per heavy atom. The van der Waals surface area contributed by atoms with Gasteiger partial charge in [-0.1, -0.05) is 70.3 Å². The first kappa shape index (κ1) is 24.2. The van der Waals surface area contributed by atoms with E-state index in [0.29, 0.717) is 16.3 Å². The van der Waals surface area contributed by atoms with Crippen LogP contribution in [0.2, 0.25) is 18.1 Å². The van der Waals surface area contributed by atoms with E-state index in [4.69, 9.17) is 4.78 Å². The highest BCUT2D eigenvalue weighted by Gasteiger charge is 2.44. The van der Waals surface area contributed by atoms with Gasteiger partial charge in [0.05, 0.1) is 4.88 Å². The minimum absolute atomic E-state index is 0.100. The van der Waals surface area contributed by atoms with Gasteiger partial charge in [-0.3, -0.25) is 4.79 Å². The number of rotatable bonds is 6. The molecule has 32 heavy (non-hydrogen) atoms. The molecular weight excluding hydrogens is 455 g/mol. The molecule has 1 amide bonds. The van der Waals surface area contributed by atoms with Gasteiger partial charge in [-0.05, 0) is 45.8 Å². The third kappa shape index (κ3) is 5.14. The highest BCUT2D eigenvalue weighted by molar-refractivity contribution is 7.95. The van der Waals surface area contributed by atoms with Crippen molar-refractivity contribution >= 4 is 46.8 Å². The van der Waals surface area contributed by atoms with E-state index in [9.17, 15) is 9.00 Å². The molecule has 0 fully saturated rings. The lowest BCUT2D eigenvalue weighted by Crippen LogP contribution is -2.57. The molecule has 0 aliphatic rings. The van der Waals surface area contributed by atoms with Crippen molar-refractivity contribution in [3.8, 4) is 11.1 Å². The fourth-order valence-corrected chi connectivity index (χ4v) is 10.4. The summed E-state index contributed by atoms with van der Waals surface area (Å²) in [5.41, 5.74) is 3.41. The van der Waals surface area contributed by atoms with E-state index in [1.807, 2.05) is 66.0 Å². The summed E-state index contributed by atoms with van der Waals surface area (Å²) < 4.78 is 23.2. The van der Waals surface area contributed by atoms with Crippen LogP contribution >= 0.6 is 11.3 Å². The number of hydrogen-bond donors (Lipinski definition) is 2. The summed E-state index contributed by atoms with van der Waals surface area (Å²) in [7, 11) is -5.31. The molecule has 3 aromatic rings. The van der Waals surface area contributed by atoms with Crippen molar-refractivity contribution in [3.05, 3.63) is 70.9 Å². The van der Waals surface area contributed by atoms with Crippen LogP contribution in [0, 0.1) is 4.78 Å². The Balaban J connectivity index is 1.89. The molecule has 1 atom stereocenters. The van der Waals surface area contributed by atoms with E-state index in [1.54, 1.807) is 3.97 Å². The summed E-state index contributed by atoms with van der Waals surface area (Å²) in [5.74, 6) is -0.184. The molecule has 0 spiro atoms. The predicted octanol–water partition coefficient (Wildman–Crippen LogP) is 7.07. The maximum Gasteiger partial charge on any atom is 0.265 e. The van der Waals surface area contributed by atoms with E-state index in [2.05, 4.69) is 39.2 Å². The lowest BCUT2D eigenvalue weighted by atomic mass is 10.1. The SMILES string of the molecule is CC(C)(C)[Si](C)(C)N(c1cccc(NC(=O)c2cc(-c3ccccc3)cs2)c1)S(C)(=N)=O. The molecule has 2 N–H and O–H groups in total. The van der Waals surface area contributed by atoms with Crippen LogP contribution in [0.3, 0.4) is 0 Å². The van der Waals surface area contributed by atoms with Crippen molar-refractivity contribution < 1.29 is 9.00 Å². The van der Waals surface area contributed by atoms with Crippen molar-refractivity contribution in [2.75, 3.05) is 15.5 Å². The predicted molar refractivity (Wildman–Crippen MR) is 141 cm³/mol. The van der Waals surface area contributed by atoms with Gasteiger partial charge in [0.15, 0.2) is 8.24 Å². The van der Waals surface area contributed by atoms with Crippen molar-refractivity contribution in [2.24, 2.45) is 0 Å². The molecule has 1 heterocycles. The Hall–Kier alpha value is -2.42. The average molecular weight is 486 g/mol. The van der Waals surface area contributed by atoms with Crippen LogP contribution in [-0.4, -0.2) is 24.6 Å². The zero-order valence-electron chi connectivity index (χ0n) is 19.4. The van der Waals surface area contributed by atoms with Gasteiger partial charge in [0.2, 0.25) is 0 Å². The fourth-order valence-electron chi connectivity index (χ4n) is 3.40. The second-order valence-electron chi connectivity index (χ2n) is 9.48. The van der Waals surface area contributed by atoms with Crippen LogP contribution in [0.25, 0.3) is 11.1 Å². The van der Waals surface area contributed by atoms with E-state index in [-0.39, 0.29) is 10.9 Å². The molecule has 2 aromatic carbocycles. The summed E-state index contributed by atoms with van der Waals surface area (Å²) in [5, 5.41) is 4.84. The molecule has 0 bridgehead atoms. The van der Waals surface area contributed by atoms with Gasteiger partial charge in [-0.25, -0.2) is 8.99 Å². The smallest absolute Gasteiger partial charge is 0.265 e. The summed E-state index contributed by atoms with van der Waals surface area (Å²) >= 11 is 1.40. The Kier molecular flexibility index (Phi) is 6.69. The molecule has 0 saturated carbocycles. The van der Waals surface area contributed by atoms with Gasteiger partial charge in [0.1, 0.15) is 9.92 Å². The summed E-state index contributed by atoms with van der Waals surface area (Å²) in [6, 6.07) is 19.2. The molecule has 0 radical (unpaired) electrons. The van der Waals surface area contributed by atoms with E-state index in [1.165, 1.54) is 17.6 Å². The molecule has 1 unspecified atom stereocenters. The third-order valence-corrected chi connectivity index (χ3v) is 15.2. The van der Waals surface area contributed by atoms with Crippen LogP contribution in [-0.2, 0) is 9.92 Å². The number of anilines is 2. The van der Waals surface area contributed by atoms with Gasteiger partial charge in [-0.15, -0.1) is 11.3 Å². The van der Waals surface area contributed by atoms with Gasteiger partial charge in [0.25, 0.3) is 5.91 Å². The van der Waals surface area contributed by atoms with E-state index < -0.39 is 18.2 Å². The molecule has 170 valence electrons. The molecule has 0 aliphatic heterocycles. The minimum Gasteiger partial charge on any atom is -0.321 e. The second-order valence-corrected chi connectivity index (χ2v) is 17.7. The number of carbonyl (C=O) groups excluding carboxylic acids is 1. The zero-order chi connectivity index (χ0) is 23.7. The van der Waals surface area contributed by atoms with Crippen LogP contribution in [0.5, 0.6) is 0 Å². The lowest BCUT2D eigenvalue weighted by Gasteiger charge is -2.46. The van der Waals surface area contributed by atoms with E-state index >= 15 is 0 Å². The fraction of sp³-hybridized carbons (Fsp3) is 0.292. The van der Waals surface area contributed by atoms with Crippen molar-refractivity contribution in [1.29, 1.82) is 4.78 Å². The summed E-state index contributed by atoms with van der Waals surface area (Å²) in [4.78, 5) is 13.5.